The van der Waals surface area contributed by atoms with Crippen LogP contribution in [-0.2, 0) is 6.42 Å². The van der Waals surface area contributed by atoms with Crippen LogP contribution < -0.4 is 5.56 Å². The first-order chi connectivity index (χ1) is 9.58. The summed E-state index contributed by atoms with van der Waals surface area (Å²) in [7, 11) is 0. The van der Waals surface area contributed by atoms with Crippen molar-refractivity contribution in [3.63, 3.8) is 0 Å². The summed E-state index contributed by atoms with van der Waals surface area (Å²) in [6.07, 6.45) is 1.67. The molecule has 100 valence electrons. The number of benzene rings is 1. The molecule has 0 saturated heterocycles. The Hall–Kier alpha value is -2.94. The monoisotopic (exact) mass is 269 g/mol. The Balaban J connectivity index is 2.64. The molecule has 0 spiro atoms. The van der Waals surface area contributed by atoms with Gasteiger partial charge in [0.05, 0.1) is 23.0 Å². The molecule has 2 aromatic rings. The van der Waals surface area contributed by atoms with E-state index < -0.39 is 11.5 Å². The van der Waals surface area contributed by atoms with Gasteiger partial charge in [-0.1, -0.05) is 6.92 Å². The van der Waals surface area contributed by atoms with Gasteiger partial charge < -0.3 is 5.11 Å². The Morgan fingerprint density at radius 2 is 2.05 bits per heavy atom. The molecule has 0 saturated carbocycles. The predicted octanol–water partition coefficient (Wildman–Crippen LogP) is 1.36. The molecule has 0 radical (unpaired) electrons. The maximum atomic E-state index is 12.2. The summed E-state index contributed by atoms with van der Waals surface area (Å²) in [6.45, 7) is 1.74. The summed E-state index contributed by atoms with van der Waals surface area (Å²) in [6, 6.07) is 8.21. The van der Waals surface area contributed by atoms with Crippen LogP contribution in [0.4, 0.5) is 0 Å². The highest BCUT2D eigenvalue weighted by atomic mass is 16.4. The fourth-order valence-electron chi connectivity index (χ4n) is 1.85. The second kappa shape index (κ2) is 5.36. The number of hydrogen-bond donors (Lipinski definition) is 1. The number of aromatic nitrogens is 2. The molecule has 1 heterocycles. The van der Waals surface area contributed by atoms with Crippen molar-refractivity contribution in [3.8, 4) is 11.8 Å². The Kier molecular flexibility index (Phi) is 3.62. The summed E-state index contributed by atoms with van der Waals surface area (Å²) >= 11 is 0. The fourth-order valence-corrected chi connectivity index (χ4v) is 1.85. The number of nitrogens with zero attached hydrogens (tertiary/aromatic N) is 3. The topological polar surface area (TPSA) is 96.0 Å². The predicted molar refractivity (Wildman–Crippen MR) is 70.9 cm³/mol. The maximum Gasteiger partial charge on any atom is 0.343 e. The van der Waals surface area contributed by atoms with Gasteiger partial charge in [0.2, 0.25) is 0 Å². The van der Waals surface area contributed by atoms with Gasteiger partial charge in [-0.05, 0) is 30.7 Å². The quantitative estimate of drug-likeness (QED) is 0.907. The van der Waals surface area contributed by atoms with Crippen LogP contribution in [0, 0.1) is 11.3 Å². The number of hydrogen-bond acceptors (Lipinski definition) is 4. The highest BCUT2D eigenvalue weighted by Crippen LogP contribution is 2.09. The Morgan fingerprint density at radius 3 is 2.55 bits per heavy atom. The molecule has 6 nitrogen and oxygen atoms in total. The van der Waals surface area contributed by atoms with E-state index in [0.717, 1.165) is 4.57 Å². The number of carbonyl (C=O) groups is 1. The zero-order chi connectivity index (χ0) is 14.7. The van der Waals surface area contributed by atoms with Gasteiger partial charge in [0.25, 0.3) is 5.56 Å². The van der Waals surface area contributed by atoms with Gasteiger partial charge in [-0.2, -0.15) is 5.26 Å². The second-order valence-electron chi connectivity index (χ2n) is 4.06. The molecule has 0 aliphatic heterocycles. The molecular weight excluding hydrogens is 258 g/mol. The van der Waals surface area contributed by atoms with E-state index in [2.05, 4.69) is 4.98 Å². The SMILES string of the molecule is CCc1ncn(-c2ccc(C#N)cc2)c(=O)c1C(=O)O. The third-order valence-corrected chi connectivity index (χ3v) is 2.87. The third-order valence-electron chi connectivity index (χ3n) is 2.87. The van der Waals surface area contributed by atoms with E-state index in [-0.39, 0.29) is 11.3 Å². The molecule has 1 aromatic heterocycles. The molecule has 0 aliphatic rings. The van der Waals surface area contributed by atoms with Crippen molar-refractivity contribution in [2.24, 2.45) is 0 Å². The summed E-state index contributed by atoms with van der Waals surface area (Å²) in [5, 5.41) is 17.9. The van der Waals surface area contributed by atoms with Gasteiger partial charge in [-0.15, -0.1) is 0 Å². The summed E-state index contributed by atoms with van der Waals surface area (Å²) in [5.41, 5.74) is 0.228. The molecule has 0 amide bonds. The van der Waals surface area contributed by atoms with Gasteiger partial charge in [0.1, 0.15) is 11.9 Å². The standard InChI is InChI=1S/C14H11N3O3/c1-2-11-12(14(19)20)13(18)17(8-16-11)10-5-3-9(7-15)4-6-10/h3-6,8H,2H2,1H3,(H,19,20). The van der Waals surface area contributed by atoms with Crippen molar-refractivity contribution in [2.75, 3.05) is 0 Å². The largest absolute Gasteiger partial charge is 0.477 e. The Morgan fingerprint density at radius 1 is 1.40 bits per heavy atom. The summed E-state index contributed by atoms with van der Waals surface area (Å²) < 4.78 is 1.16. The van der Waals surface area contributed by atoms with E-state index in [4.69, 9.17) is 10.4 Å². The van der Waals surface area contributed by atoms with Crippen molar-refractivity contribution >= 4 is 5.97 Å². The first kappa shape index (κ1) is 13.5. The van der Waals surface area contributed by atoms with Crippen molar-refractivity contribution in [1.29, 1.82) is 5.26 Å². The molecular formula is C14H11N3O3. The number of carboxylic acid groups (broad SMARTS) is 1. The average molecular weight is 269 g/mol. The van der Waals surface area contributed by atoms with Crippen LogP contribution in [0.1, 0.15) is 28.5 Å². The van der Waals surface area contributed by atoms with E-state index in [0.29, 0.717) is 17.7 Å². The van der Waals surface area contributed by atoms with Crippen LogP contribution >= 0.6 is 0 Å². The number of aryl methyl sites for hydroxylation is 1. The van der Waals surface area contributed by atoms with Crippen molar-refractivity contribution in [2.45, 2.75) is 13.3 Å². The molecule has 0 bridgehead atoms. The minimum absolute atomic E-state index is 0.257. The molecule has 1 N–H and O–H groups in total. The molecule has 0 atom stereocenters. The van der Waals surface area contributed by atoms with Crippen LogP contribution in [0.25, 0.3) is 5.69 Å². The second-order valence-corrected chi connectivity index (χ2v) is 4.06. The summed E-state index contributed by atoms with van der Waals surface area (Å²) in [4.78, 5) is 27.4. The van der Waals surface area contributed by atoms with Gasteiger partial charge in [0, 0.05) is 0 Å². The lowest BCUT2D eigenvalue weighted by atomic mass is 10.1. The molecule has 20 heavy (non-hydrogen) atoms. The lowest BCUT2D eigenvalue weighted by Gasteiger charge is -2.08. The van der Waals surface area contributed by atoms with Crippen molar-refractivity contribution in [3.05, 3.63) is 57.8 Å². The highest BCUT2D eigenvalue weighted by molar-refractivity contribution is 5.88. The van der Waals surface area contributed by atoms with Gasteiger partial charge >= 0.3 is 5.97 Å². The molecule has 6 heteroatoms. The number of carboxylic acids is 1. The van der Waals surface area contributed by atoms with Crippen LogP contribution in [0.5, 0.6) is 0 Å². The molecule has 0 unspecified atom stereocenters. The van der Waals surface area contributed by atoms with E-state index in [9.17, 15) is 9.59 Å². The third kappa shape index (κ3) is 2.29. The zero-order valence-electron chi connectivity index (χ0n) is 10.7. The van der Waals surface area contributed by atoms with Crippen LogP contribution in [0.3, 0.4) is 0 Å². The van der Waals surface area contributed by atoms with Gasteiger partial charge in [-0.25, -0.2) is 9.78 Å². The minimum Gasteiger partial charge on any atom is -0.477 e. The lowest BCUT2D eigenvalue weighted by molar-refractivity contribution is 0.0692. The first-order valence-electron chi connectivity index (χ1n) is 5.92. The van der Waals surface area contributed by atoms with Crippen LogP contribution in [0.15, 0.2) is 35.4 Å². The van der Waals surface area contributed by atoms with Crippen LogP contribution in [-0.4, -0.2) is 20.6 Å². The van der Waals surface area contributed by atoms with Gasteiger partial charge in [0.15, 0.2) is 0 Å². The number of aromatic carboxylic acids is 1. The smallest absolute Gasteiger partial charge is 0.343 e. The van der Waals surface area contributed by atoms with E-state index in [1.54, 1.807) is 31.2 Å². The van der Waals surface area contributed by atoms with E-state index in [1.807, 2.05) is 6.07 Å². The summed E-state index contributed by atoms with van der Waals surface area (Å²) in [5.74, 6) is -1.29. The average Bonchev–Trinajstić information content (AvgIpc) is 2.46. The maximum absolute atomic E-state index is 12.2. The molecule has 0 aliphatic carbocycles. The van der Waals surface area contributed by atoms with Crippen LogP contribution in [0.2, 0.25) is 0 Å². The normalized spacial score (nSPS) is 10.0. The Bertz CT molecular complexity index is 755. The molecule has 2 rings (SSSR count). The first-order valence-corrected chi connectivity index (χ1v) is 5.92. The molecule has 0 fully saturated rings. The Labute approximate surface area is 114 Å². The fraction of sp³-hybridized carbons (Fsp3) is 0.143. The zero-order valence-corrected chi connectivity index (χ0v) is 10.7. The highest BCUT2D eigenvalue weighted by Gasteiger charge is 2.17. The minimum atomic E-state index is -1.29. The van der Waals surface area contributed by atoms with Crippen molar-refractivity contribution < 1.29 is 9.90 Å². The van der Waals surface area contributed by atoms with E-state index in [1.165, 1.54) is 6.33 Å². The molecule has 1 aromatic carbocycles. The van der Waals surface area contributed by atoms with Gasteiger partial charge in [-0.3, -0.25) is 9.36 Å². The van der Waals surface area contributed by atoms with E-state index >= 15 is 0 Å². The number of nitriles is 1. The van der Waals surface area contributed by atoms with Crippen molar-refractivity contribution in [1.82, 2.24) is 9.55 Å². The lowest BCUT2D eigenvalue weighted by Crippen LogP contribution is -2.28. The number of rotatable bonds is 3.